The molecule has 0 aliphatic carbocycles. The lowest BCUT2D eigenvalue weighted by molar-refractivity contribution is -0.0104. The van der Waals surface area contributed by atoms with E-state index in [0.717, 1.165) is 6.54 Å². The first-order valence-corrected chi connectivity index (χ1v) is 7.59. The first kappa shape index (κ1) is 20.7. The van der Waals surface area contributed by atoms with Crippen LogP contribution >= 0.6 is 0 Å². The van der Waals surface area contributed by atoms with Crippen LogP contribution in [0.2, 0.25) is 0 Å². The molecule has 21 heavy (non-hydrogen) atoms. The van der Waals surface area contributed by atoms with Gasteiger partial charge in [0.25, 0.3) is 0 Å². The molecule has 0 aliphatic rings. The minimum absolute atomic E-state index is 0.231. The highest BCUT2D eigenvalue weighted by molar-refractivity contribution is 4.50. The largest absolute Gasteiger partial charge is 0.378 e. The Kier molecular flexibility index (Phi) is 17.5. The summed E-state index contributed by atoms with van der Waals surface area (Å²) in [5.74, 6) is 0. The van der Waals surface area contributed by atoms with E-state index in [1.807, 2.05) is 0 Å². The normalized spacial score (nSPS) is 11.4. The molecule has 0 spiro atoms. The second-order valence-electron chi connectivity index (χ2n) is 4.63. The Hall–Kier alpha value is -0.280. The third-order valence-corrected chi connectivity index (χ3v) is 2.40. The quantitative estimate of drug-likeness (QED) is 0.289. The third-order valence-electron chi connectivity index (χ3n) is 2.40. The van der Waals surface area contributed by atoms with Crippen molar-refractivity contribution in [1.29, 1.82) is 0 Å². The van der Waals surface area contributed by atoms with Gasteiger partial charge in [-0.2, -0.15) is 0 Å². The maximum Gasteiger partial charge on any atom is 0.0941 e. The van der Waals surface area contributed by atoms with Crippen LogP contribution in [0.15, 0.2) is 0 Å². The van der Waals surface area contributed by atoms with Crippen LogP contribution in [0.3, 0.4) is 0 Å². The molecule has 7 heteroatoms. The van der Waals surface area contributed by atoms with Crippen LogP contribution in [0.1, 0.15) is 13.8 Å². The molecule has 0 saturated carbocycles. The van der Waals surface area contributed by atoms with E-state index in [9.17, 15) is 0 Å². The third kappa shape index (κ3) is 19.7. The summed E-state index contributed by atoms with van der Waals surface area (Å²) in [6.07, 6.45) is 0. The van der Waals surface area contributed by atoms with Gasteiger partial charge < -0.3 is 34.7 Å². The van der Waals surface area contributed by atoms with E-state index in [0.29, 0.717) is 65.5 Å². The number of hydrogen-bond acceptors (Lipinski definition) is 7. The first-order chi connectivity index (χ1) is 10.3. The van der Waals surface area contributed by atoms with Crippen molar-refractivity contribution in [1.82, 2.24) is 5.32 Å². The second kappa shape index (κ2) is 17.8. The lowest BCUT2D eigenvalue weighted by Crippen LogP contribution is -2.27. The second-order valence-corrected chi connectivity index (χ2v) is 4.63. The highest BCUT2D eigenvalue weighted by Gasteiger charge is 1.94. The molecular weight excluding hydrogens is 276 g/mol. The zero-order chi connectivity index (χ0) is 15.6. The predicted molar refractivity (Wildman–Crippen MR) is 81.4 cm³/mol. The van der Waals surface area contributed by atoms with Gasteiger partial charge in [-0.15, -0.1) is 0 Å². The Bertz CT molecular complexity index is 196. The Morgan fingerprint density at radius 3 is 1.43 bits per heavy atom. The zero-order valence-electron chi connectivity index (χ0n) is 13.5. The van der Waals surface area contributed by atoms with Crippen LogP contribution in [-0.2, 0) is 23.7 Å². The monoisotopic (exact) mass is 308 g/mol. The standard InChI is InChI=1S/C14H32N2O5/c1-14(2)16-3-4-17-5-6-18-7-8-19-9-10-20-11-12-21-13-15/h14,16H,3-13,15H2,1-2H3. The fraction of sp³-hybridized carbons (Fsp3) is 1.00. The average molecular weight is 308 g/mol. The van der Waals surface area contributed by atoms with Gasteiger partial charge in [0.1, 0.15) is 0 Å². The van der Waals surface area contributed by atoms with Crippen molar-refractivity contribution in [2.24, 2.45) is 5.73 Å². The molecule has 0 amide bonds. The van der Waals surface area contributed by atoms with Crippen LogP contribution in [0, 0.1) is 0 Å². The Labute approximate surface area is 128 Å². The smallest absolute Gasteiger partial charge is 0.0941 e. The number of ether oxygens (including phenoxy) is 5. The number of hydrogen-bond donors (Lipinski definition) is 2. The molecule has 7 nitrogen and oxygen atoms in total. The van der Waals surface area contributed by atoms with Gasteiger partial charge in [0.15, 0.2) is 0 Å². The van der Waals surface area contributed by atoms with E-state index in [2.05, 4.69) is 19.2 Å². The molecule has 0 radical (unpaired) electrons. The van der Waals surface area contributed by atoms with Gasteiger partial charge in [-0.1, -0.05) is 13.8 Å². The van der Waals surface area contributed by atoms with Crippen molar-refractivity contribution >= 4 is 0 Å². The first-order valence-electron chi connectivity index (χ1n) is 7.59. The van der Waals surface area contributed by atoms with E-state index >= 15 is 0 Å². The van der Waals surface area contributed by atoms with Gasteiger partial charge in [-0.05, 0) is 0 Å². The zero-order valence-corrected chi connectivity index (χ0v) is 13.5. The van der Waals surface area contributed by atoms with Crippen LogP contribution in [0.5, 0.6) is 0 Å². The van der Waals surface area contributed by atoms with Gasteiger partial charge >= 0.3 is 0 Å². The molecule has 0 aromatic rings. The van der Waals surface area contributed by atoms with E-state index in [-0.39, 0.29) is 6.73 Å². The highest BCUT2D eigenvalue weighted by Crippen LogP contribution is 1.83. The summed E-state index contributed by atoms with van der Waals surface area (Å²) in [7, 11) is 0. The lowest BCUT2D eigenvalue weighted by atomic mass is 10.4. The minimum atomic E-state index is 0.231. The summed E-state index contributed by atoms with van der Waals surface area (Å²) < 4.78 is 26.3. The molecule has 0 atom stereocenters. The van der Waals surface area contributed by atoms with Crippen molar-refractivity contribution in [3.8, 4) is 0 Å². The summed E-state index contributed by atoms with van der Waals surface area (Å²) in [6, 6.07) is 0.499. The molecule has 0 aromatic carbocycles. The molecule has 0 rings (SSSR count). The summed E-state index contributed by atoms with van der Waals surface area (Å²) in [5.41, 5.74) is 5.17. The van der Waals surface area contributed by atoms with Crippen LogP contribution in [0.25, 0.3) is 0 Å². The Morgan fingerprint density at radius 2 is 1.05 bits per heavy atom. The van der Waals surface area contributed by atoms with E-state index in [1.54, 1.807) is 0 Å². The molecule has 0 bridgehead atoms. The van der Waals surface area contributed by atoms with Crippen molar-refractivity contribution in [3.05, 3.63) is 0 Å². The van der Waals surface area contributed by atoms with Crippen LogP contribution in [-0.4, -0.2) is 78.8 Å². The van der Waals surface area contributed by atoms with E-state index in [4.69, 9.17) is 29.4 Å². The molecule has 3 N–H and O–H groups in total. The van der Waals surface area contributed by atoms with Crippen molar-refractivity contribution in [3.63, 3.8) is 0 Å². The number of nitrogens with one attached hydrogen (secondary N) is 1. The lowest BCUT2D eigenvalue weighted by Gasteiger charge is -2.09. The average Bonchev–Trinajstić information content (AvgIpc) is 2.46. The van der Waals surface area contributed by atoms with E-state index < -0.39 is 0 Å². The molecular formula is C14H32N2O5. The van der Waals surface area contributed by atoms with Crippen molar-refractivity contribution in [2.75, 3.05) is 72.7 Å². The molecule has 0 unspecified atom stereocenters. The molecule has 0 aliphatic heterocycles. The molecule has 0 saturated heterocycles. The fourth-order valence-electron chi connectivity index (χ4n) is 1.38. The van der Waals surface area contributed by atoms with E-state index in [1.165, 1.54) is 0 Å². The Morgan fingerprint density at radius 1 is 0.667 bits per heavy atom. The summed E-state index contributed by atoms with van der Waals surface area (Å²) >= 11 is 0. The van der Waals surface area contributed by atoms with Gasteiger partial charge in [-0.25, -0.2) is 0 Å². The fourth-order valence-corrected chi connectivity index (χ4v) is 1.38. The highest BCUT2D eigenvalue weighted by atomic mass is 16.6. The van der Waals surface area contributed by atoms with Crippen molar-refractivity contribution in [2.45, 2.75) is 19.9 Å². The Balaban J connectivity index is 2.93. The molecule has 0 aromatic heterocycles. The maximum atomic E-state index is 5.41. The van der Waals surface area contributed by atoms with Crippen LogP contribution in [0.4, 0.5) is 0 Å². The predicted octanol–water partition coefficient (Wildman–Crippen LogP) is -0.0164. The number of nitrogens with two attached hydrogens (primary N) is 1. The summed E-state index contributed by atoms with van der Waals surface area (Å²) in [5, 5.41) is 3.28. The van der Waals surface area contributed by atoms with Crippen molar-refractivity contribution < 1.29 is 23.7 Å². The van der Waals surface area contributed by atoms with Gasteiger partial charge in [0.05, 0.1) is 66.2 Å². The van der Waals surface area contributed by atoms with Crippen LogP contribution < -0.4 is 11.1 Å². The maximum absolute atomic E-state index is 5.41. The SMILES string of the molecule is CC(C)NCCOCCOCCOCCOCCOCN. The summed E-state index contributed by atoms with van der Waals surface area (Å²) in [6.45, 7) is 10.6. The minimum Gasteiger partial charge on any atom is -0.378 e. The molecule has 0 heterocycles. The van der Waals surface area contributed by atoms with Gasteiger partial charge in [0, 0.05) is 12.6 Å². The van der Waals surface area contributed by atoms with Gasteiger partial charge in [-0.3, -0.25) is 0 Å². The summed E-state index contributed by atoms with van der Waals surface area (Å²) in [4.78, 5) is 0. The number of rotatable bonds is 17. The topological polar surface area (TPSA) is 84.2 Å². The molecule has 0 fully saturated rings. The van der Waals surface area contributed by atoms with Gasteiger partial charge in [0.2, 0.25) is 0 Å². The molecule has 128 valence electrons.